The molecule has 0 fully saturated rings. The zero-order valence-electron chi connectivity index (χ0n) is 11.9. The smallest absolute Gasteiger partial charge is 0.355 e. The normalized spacial score (nSPS) is 11.4. The Kier molecular flexibility index (Phi) is 3.99. The Labute approximate surface area is 108 Å². The van der Waals surface area contributed by atoms with Gasteiger partial charge in [-0.2, -0.15) is 0 Å². The average Bonchev–Trinajstić information content (AvgIpc) is 2.52. The highest BCUT2D eigenvalue weighted by Gasteiger charge is 2.29. The molecule has 0 amide bonds. The molecule has 0 aliphatic carbocycles. The Morgan fingerprint density at radius 1 is 1.22 bits per heavy atom. The summed E-state index contributed by atoms with van der Waals surface area (Å²) >= 11 is 0. The van der Waals surface area contributed by atoms with Crippen molar-refractivity contribution in [2.45, 2.75) is 41.5 Å². The molecule has 0 aliphatic heterocycles. The number of aromatic nitrogens is 1. The molecule has 0 atom stereocenters. The predicted octanol–water partition coefficient (Wildman–Crippen LogP) is 3.04. The van der Waals surface area contributed by atoms with Crippen molar-refractivity contribution in [1.29, 1.82) is 0 Å². The van der Waals surface area contributed by atoms with Gasteiger partial charge in [0, 0.05) is 16.7 Å². The number of aryl methyl sites for hydroxylation is 1. The standard InChI is InChI=1S/C14H21NO3/c1-7-18-13(17)11-8(2)10(9(3)15-11)12(16)14(4,5)6/h15H,7H2,1-6H3. The van der Waals surface area contributed by atoms with Gasteiger partial charge in [0.05, 0.1) is 6.61 Å². The van der Waals surface area contributed by atoms with Gasteiger partial charge in [-0.05, 0) is 26.3 Å². The second-order valence-electron chi connectivity index (χ2n) is 5.42. The van der Waals surface area contributed by atoms with Gasteiger partial charge in [-0.3, -0.25) is 4.79 Å². The lowest BCUT2D eigenvalue weighted by Gasteiger charge is -2.17. The van der Waals surface area contributed by atoms with Crippen LogP contribution in [0.1, 0.15) is 59.8 Å². The molecular formula is C14H21NO3. The lowest BCUT2D eigenvalue weighted by Crippen LogP contribution is -2.21. The largest absolute Gasteiger partial charge is 0.461 e. The second-order valence-corrected chi connectivity index (χ2v) is 5.42. The molecule has 100 valence electrons. The number of carbonyl (C=O) groups excluding carboxylic acids is 2. The van der Waals surface area contributed by atoms with E-state index in [1.807, 2.05) is 20.8 Å². The van der Waals surface area contributed by atoms with Crippen molar-refractivity contribution in [2.24, 2.45) is 5.41 Å². The molecule has 1 aromatic heterocycles. The van der Waals surface area contributed by atoms with Crippen molar-refractivity contribution in [3.8, 4) is 0 Å². The van der Waals surface area contributed by atoms with E-state index in [9.17, 15) is 9.59 Å². The number of ether oxygens (including phenoxy) is 1. The SMILES string of the molecule is CCOC(=O)c1[nH]c(C)c(C(=O)C(C)(C)C)c1C. The van der Waals surface area contributed by atoms with Gasteiger partial charge in [0.15, 0.2) is 5.78 Å². The maximum absolute atomic E-state index is 12.3. The zero-order chi connectivity index (χ0) is 14.1. The van der Waals surface area contributed by atoms with Crippen LogP contribution in [0, 0.1) is 19.3 Å². The fourth-order valence-corrected chi connectivity index (χ4v) is 1.87. The van der Waals surface area contributed by atoms with Crippen molar-refractivity contribution < 1.29 is 14.3 Å². The first-order valence-corrected chi connectivity index (χ1v) is 6.11. The molecule has 1 heterocycles. The number of hydrogen-bond donors (Lipinski definition) is 1. The number of ketones is 1. The molecule has 0 bridgehead atoms. The third-order valence-electron chi connectivity index (χ3n) is 2.83. The van der Waals surface area contributed by atoms with Crippen LogP contribution in [0.15, 0.2) is 0 Å². The monoisotopic (exact) mass is 251 g/mol. The first-order chi connectivity index (χ1) is 8.20. The van der Waals surface area contributed by atoms with E-state index in [1.165, 1.54) is 0 Å². The van der Waals surface area contributed by atoms with Crippen molar-refractivity contribution in [1.82, 2.24) is 4.98 Å². The summed E-state index contributed by atoms with van der Waals surface area (Å²) in [5, 5.41) is 0. The van der Waals surface area contributed by atoms with Crippen LogP contribution in [-0.2, 0) is 4.74 Å². The summed E-state index contributed by atoms with van der Waals surface area (Å²) in [6, 6.07) is 0. The molecule has 4 nitrogen and oxygen atoms in total. The molecule has 1 N–H and O–H groups in total. The van der Waals surface area contributed by atoms with E-state index in [-0.39, 0.29) is 5.78 Å². The van der Waals surface area contributed by atoms with Gasteiger partial charge in [0.25, 0.3) is 0 Å². The minimum atomic E-state index is -0.469. The number of esters is 1. The van der Waals surface area contributed by atoms with E-state index in [2.05, 4.69) is 4.98 Å². The highest BCUT2D eigenvalue weighted by molar-refractivity contribution is 6.04. The Morgan fingerprint density at radius 2 is 1.78 bits per heavy atom. The molecule has 0 radical (unpaired) electrons. The van der Waals surface area contributed by atoms with E-state index in [0.29, 0.717) is 23.4 Å². The van der Waals surface area contributed by atoms with Crippen molar-refractivity contribution in [3.05, 3.63) is 22.5 Å². The third kappa shape index (κ3) is 2.63. The molecule has 18 heavy (non-hydrogen) atoms. The minimum Gasteiger partial charge on any atom is -0.461 e. The topological polar surface area (TPSA) is 59.2 Å². The fourth-order valence-electron chi connectivity index (χ4n) is 1.87. The van der Waals surface area contributed by atoms with Crippen molar-refractivity contribution in [3.63, 3.8) is 0 Å². The summed E-state index contributed by atoms with van der Waals surface area (Å²) in [4.78, 5) is 27.0. The summed E-state index contributed by atoms with van der Waals surface area (Å²) in [5.74, 6) is -0.379. The number of hydrogen-bond acceptors (Lipinski definition) is 3. The number of Topliss-reactive ketones (excluding diaryl/α,β-unsaturated/α-hetero) is 1. The van der Waals surface area contributed by atoms with Gasteiger partial charge in [0.2, 0.25) is 0 Å². The Balaban J connectivity index is 3.25. The van der Waals surface area contributed by atoms with Crippen LogP contribution in [0.5, 0.6) is 0 Å². The molecule has 4 heteroatoms. The van der Waals surface area contributed by atoms with Crippen LogP contribution in [0.25, 0.3) is 0 Å². The van der Waals surface area contributed by atoms with Gasteiger partial charge in [-0.25, -0.2) is 4.79 Å². The van der Waals surface area contributed by atoms with Gasteiger partial charge < -0.3 is 9.72 Å². The Morgan fingerprint density at radius 3 is 2.22 bits per heavy atom. The van der Waals surface area contributed by atoms with E-state index >= 15 is 0 Å². The first kappa shape index (κ1) is 14.5. The first-order valence-electron chi connectivity index (χ1n) is 6.11. The molecule has 1 rings (SSSR count). The van der Waals surface area contributed by atoms with E-state index in [1.54, 1.807) is 20.8 Å². The van der Waals surface area contributed by atoms with Crippen LogP contribution >= 0.6 is 0 Å². The third-order valence-corrected chi connectivity index (χ3v) is 2.83. The summed E-state index contributed by atoms with van der Waals surface area (Å²) in [6.07, 6.45) is 0. The van der Waals surface area contributed by atoms with Crippen molar-refractivity contribution >= 4 is 11.8 Å². The van der Waals surface area contributed by atoms with Crippen LogP contribution < -0.4 is 0 Å². The maximum Gasteiger partial charge on any atom is 0.355 e. The molecular weight excluding hydrogens is 230 g/mol. The van der Waals surface area contributed by atoms with Crippen LogP contribution in [0.2, 0.25) is 0 Å². The maximum atomic E-state index is 12.3. The van der Waals surface area contributed by atoms with Gasteiger partial charge >= 0.3 is 5.97 Å². The highest BCUT2D eigenvalue weighted by atomic mass is 16.5. The number of carbonyl (C=O) groups is 2. The number of nitrogens with one attached hydrogen (secondary N) is 1. The van der Waals surface area contributed by atoms with Crippen molar-refractivity contribution in [2.75, 3.05) is 6.61 Å². The Hall–Kier alpha value is -1.58. The minimum absolute atomic E-state index is 0.0318. The number of rotatable bonds is 3. The second kappa shape index (κ2) is 4.96. The molecule has 1 aromatic rings. The summed E-state index contributed by atoms with van der Waals surface area (Å²) in [6.45, 7) is 11.2. The molecule has 0 unspecified atom stereocenters. The number of aromatic amines is 1. The lowest BCUT2D eigenvalue weighted by molar-refractivity contribution is 0.0519. The van der Waals surface area contributed by atoms with Crippen LogP contribution in [-0.4, -0.2) is 23.3 Å². The predicted molar refractivity (Wildman–Crippen MR) is 70.0 cm³/mol. The Bertz CT molecular complexity index is 478. The van der Waals surface area contributed by atoms with Gasteiger partial charge in [0.1, 0.15) is 5.69 Å². The van der Waals surface area contributed by atoms with Gasteiger partial charge in [-0.1, -0.05) is 20.8 Å². The molecule has 0 spiro atoms. The lowest BCUT2D eigenvalue weighted by atomic mass is 9.85. The molecule has 0 saturated carbocycles. The summed E-state index contributed by atoms with van der Waals surface area (Å²) in [5.41, 5.74) is 1.90. The summed E-state index contributed by atoms with van der Waals surface area (Å²) < 4.78 is 4.96. The number of H-pyrrole nitrogens is 1. The average molecular weight is 251 g/mol. The van der Waals surface area contributed by atoms with E-state index in [0.717, 1.165) is 5.69 Å². The van der Waals surface area contributed by atoms with Crippen LogP contribution in [0.3, 0.4) is 0 Å². The van der Waals surface area contributed by atoms with E-state index in [4.69, 9.17) is 4.74 Å². The van der Waals surface area contributed by atoms with Crippen LogP contribution in [0.4, 0.5) is 0 Å². The quantitative estimate of drug-likeness (QED) is 0.663. The summed E-state index contributed by atoms with van der Waals surface area (Å²) in [7, 11) is 0. The fraction of sp³-hybridized carbons (Fsp3) is 0.571. The zero-order valence-corrected chi connectivity index (χ0v) is 11.9. The molecule has 0 saturated heterocycles. The molecule has 0 aliphatic rings. The highest BCUT2D eigenvalue weighted by Crippen LogP contribution is 2.27. The van der Waals surface area contributed by atoms with E-state index < -0.39 is 11.4 Å². The van der Waals surface area contributed by atoms with Gasteiger partial charge in [-0.15, -0.1) is 0 Å². The molecule has 0 aromatic carbocycles.